The molecule has 1 fully saturated rings. The number of halogens is 1. The molecule has 1 atom stereocenters. The van der Waals surface area contributed by atoms with Crippen LogP contribution >= 0.6 is 11.6 Å². The summed E-state index contributed by atoms with van der Waals surface area (Å²) < 4.78 is 26.8. The smallest absolute Gasteiger partial charge is 0.243 e. The first kappa shape index (κ1) is 32.6. The summed E-state index contributed by atoms with van der Waals surface area (Å²) in [5.41, 5.74) is 4.42. The van der Waals surface area contributed by atoms with Gasteiger partial charge in [0.1, 0.15) is 6.04 Å². The van der Waals surface area contributed by atoms with Gasteiger partial charge in [-0.3, -0.25) is 13.9 Å². The van der Waals surface area contributed by atoms with Crippen molar-refractivity contribution >= 4 is 39.1 Å². The van der Waals surface area contributed by atoms with Crippen molar-refractivity contribution < 1.29 is 18.0 Å². The van der Waals surface area contributed by atoms with E-state index in [1.165, 1.54) is 10.6 Å². The fraction of sp³-hybridized carbons (Fsp3) is 0.412. The Hall–Kier alpha value is -3.36. The Bertz CT molecular complexity index is 1510. The molecule has 0 aliphatic heterocycles. The van der Waals surface area contributed by atoms with Crippen LogP contribution in [0.5, 0.6) is 0 Å². The normalized spacial score (nSPS) is 14.3. The zero-order chi connectivity index (χ0) is 31.0. The van der Waals surface area contributed by atoms with Crippen molar-refractivity contribution in [2.75, 3.05) is 17.1 Å². The number of sulfonamides is 1. The van der Waals surface area contributed by atoms with Crippen LogP contribution in [-0.4, -0.2) is 50.0 Å². The maximum absolute atomic E-state index is 14.0. The molecular formula is C34H42ClN3O4S. The molecule has 1 saturated carbocycles. The molecule has 3 aromatic carbocycles. The molecule has 2 amide bonds. The number of benzene rings is 3. The summed E-state index contributed by atoms with van der Waals surface area (Å²) in [5.74, 6) is -0.380. The van der Waals surface area contributed by atoms with Crippen LogP contribution in [0.1, 0.15) is 60.8 Å². The van der Waals surface area contributed by atoms with E-state index >= 15 is 0 Å². The van der Waals surface area contributed by atoms with E-state index in [0.717, 1.165) is 47.9 Å². The second kappa shape index (κ2) is 14.9. The molecule has 4 rings (SSSR count). The van der Waals surface area contributed by atoms with Crippen LogP contribution in [0.2, 0.25) is 5.02 Å². The Balaban J connectivity index is 1.59. The van der Waals surface area contributed by atoms with Gasteiger partial charge < -0.3 is 10.2 Å². The number of rotatable bonds is 13. The van der Waals surface area contributed by atoms with Gasteiger partial charge in [0.2, 0.25) is 21.8 Å². The lowest BCUT2D eigenvalue weighted by Crippen LogP contribution is -2.52. The van der Waals surface area contributed by atoms with Crippen LogP contribution in [0.3, 0.4) is 0 Å². The minimum absolute atomic E-state index is 0.0828. The maximum Gasteiger partial charge on any atom is 0.243 e. The molecule has 3 aromatic rings. The number of nitrogens with one attached hydrogen (secondary N) is 1. The molecular weight excluding hydrogens is 582 g/mol. The van der Waals surface area contributed by atoms with Crippen molar-refractivity contribution in [3.63, 3.8) is 0 Å². The number of hydrogen-bond acceptors (Lipinski definition) is 4. The van der Waals surface area contributed by atoms with Crippen molar-refractivity contribution in [2.24, 2.45) is 0 Å². The van der Waals surface area contributed by atoms with Gasteiger partial charge in [0.15, 0.2) is 0 Å². The van der Waals surface area contributed by atoms with Crippen LogP contribution in [-0.2, 0) is 32.6 Å². The summed E-state index contributed by atoms with van der Waals surface area (Å²) in [4.78, 5) is 29.5. The van der Waals surface area contributed by atoms with E-state index in [0.29, 0.717) is 23.6 Å². The molecule has 0 heterocycles. The average molecular weight is 624 g/mol. The number of nitrogens with zero attached hydrogens (tertiary/aromatic N) is 2. The third-order valence-electron chi connectivity index (χ3n) is 8.15. The van der Waals surface area contributed by atoms with Crippen molar-refractivity contribution in [1.29, 1.82) is 0 Å². The van der Waals surface area contributed by atoms with Gasteiger partial charge in [0.05, 0.1) is 11.9 Å². The second-order valence-electron chi connectivity index (χ2n) is 11.6. The van der Waals surface area contributed by atoms with E-state index in [4.69, 9.17) is 11.6 Å². The fourth-order valence-electron chi connectivity index (χ4n) is 5.64. The number of carbonyl (C=O) groups is 2. The average Bonchev–Trinajstić information content (AvgIpc) is 3.47. The fourth-order valence-corrected chi connectivity index (χ4v) is 6.81. The highest BCUT2D eigenvalue weighted by Gasteiger charge is 2.32. The van der Waals surface area contributed by atoms with Gasteiger partial charge in [-0.15, -0.1) is 0 Å². The Morgan fingerprint density at radius 3 is 2.28 bits per heavy atom. The lowest BCUT2D eigenvalue weighted by Gasteiger charge is -2.33. The van der Waals surface area contributed by atoms with Gasteiger partial charge in [-0.1, -0.05) is 73.0 Å². The largest absolute Gasteiger partial charge is 0.352 e. The predicted molar refractivity (Wildman–Crippen MR) is 174 cm³/mol. The summed E-state index contributed by atoms with van der Waals surface area (Å²) in [6.45, 7) is 4.28. The van der Waals surface area contributed by atoms with Crippen LogP contribution in [0.4, 0.5) is 5.69 Å². The zero-order valence-corrected chi connectivity index (χ0v) is 26.8. The molecule has 1 aliphatic carbocycles. The molecule has 9 heteroatoms. The third-order valence-corrected chi connectivity index (χ3v) is 9.57. The highest BCUT2D eigenvalue weighted by molar-refractivity contribution is 7.92. The molecule has 0 aromatic heterocycles. The highest BCUT2D eigenvalue weighted by Crippen LogP contribution is 2.24. The molecule has 0 radical (unpaired) electrons. The lowest BCUT2D eigenvalue weighted by atomic mass is 10.0. The minimum atomic E-state index is -3.57. The zero-order valence-electron chi connectivity index (χ0n) is 25.3. The summed E-state index contributed by atoms with van der Waals surface area (Å²) in [6, 6.07) is 21.9. The first-order valence-corrected chi connectivity index (χ1v) is 17.2. The predicted octanol–water partition coefficient (Wildman–Crippen LogP) is 6.20. The molecule has 43 heavy (non-hydrogen) atoms. The van der Waals surface area contributed by atoms with E-state index in [-0.39, 0.29) is 37.4 Å². The molecule has 1 N–H and O–H groups in total. The second-order valence-corrected chi connectivity index (χ2v) is 13.9. The van der Waals surface area contributed by atoms with Crippen LogP contribution < -0.4 is 9.62 Å². The molecule has 1 aliphatic rings. The van der Waals surface area contributed by atoms with Gasteiger partial charge in [-0.05, 0) is 79.6 Å². The number of amides is 2. The lowest BCUT2D eigenvalue weighted by molar-refractivity contribution is -0.141. The van der Waals surface area contributed by atoms with Crippen LogP contribution in [0.15, 0.2) is 72.8 Å². The quantitative estimate of drug-likeness (QED) is 0.246. The van der Waals surface area contributed by atoms with E-state index < -0.39 is 16.1 Å². The molecule has 0 bridgehead atoms. The van der Waals surface area contributed by atoms with E-state index in [9.17, 15) is 18.0 Å². The number of carbonyl (C=O) groups excluding carboxylic acids is 2. The first-order chi connectivity index (χ1) is 20.5. The van der Waals surface area contributed by atoms with E-state index in [1.54, 1.807) is 23.1 Å². The standard InChI is InChI=1S/C34H42ClN3O4S/c1-25-18-19-31(21-26(25)2)38(43(3,41)42)20-10-17-33(39)37(24-28-13-9-14-29(35)22-28)32(23-27-11-5-4-6-12-27)34(40)36-30-15-7-8-16-30/h4-6,9,11-14,18-19,21-22,30,32H,7-8,10,15-17,20,23-24H2,1-3H3,(H,36,40)/t32-/m1/s1. The number of anilines is 1. The molecule has 230 valence electrons. The third kappa shape index (κ3) is 9.31. The molecule has 7 nitrogen and oxygen atoms in total. The summed E-state index contributed by atoms with van der Waals surface area (Å²) in [7, 11) is -3.57. The Kier molecular flexibility index (Phi) is 11.3. The SMILES string of the molecule is Cc1ccc(N(CCCC(=O)N(Cc2cccc(Cl)c2)[C@H](Cc2ccccc2)C(=O)NC2CCCC2)S(C)(=O)=O)cc1C. The van der Waals surface area contributed by atoms with Crippen LogP contribution in [0, 0.1) is 13.8 Å². The van der Waals surface area contributed by atoms with Gasteiger partial charge in [0, 0.05) is 37.0 Å². The van der Waals surface area contributed by atoms with Gasteiger partial charge in [-0.2, -0.15) is 0 Å². The number of aryl methyl sites for hydroxylation is 2. The molecule has 0 saturated heterocycles. The number of hydrogen-bond donors (Lipinski definition) is 1. The Morgan fingerprint density at radius 1 is 0.930 bits per heavy atom. The Morgan fingerprint density at radius 2 is 1.63 bits per heavy atom. The van der Waals surface area contributed by atoms with Crippen LogP contribution in [0.25, 0.3) is 0 Å². The minimum Gasteiger partial charge on any atom is -0.352 e. The van der Waals surface area contributed by atoms with Gasteiger partial charge in [0.25, 0.3) is 0 Å². The first-order valence-electron chi connectivity index (χ1n) is 14.9. The highest BCUT2D eigenvalue weighted by atomic mass is 35.5. The van der Waals surface area contributed by atoms with Gasteiger partial charge in [-0.25, -0.2) is 8.42 Å². The van der Waals surface area contributed by atoms with Crippen molar-refractivity contribution in [3.05, 3.63) is 100 Å². The van der Waals surface area contributed by atoms with E-state index in [2.05, 4.69) is 5.32 Å². The van der Waals surface area contributed by atoms with Crippen molar-refractivity contribution in [1.82, 2.24) is 10.2 Å². The summed E-state index contributed by atoms with van der Waals surface area (Å²) in [6.07, 6.45) is 5.96. The Labute approximate surface area is 261 Å². The van der Waals surface area contributed by atoms with Crippen molar-refractivity contribution in [3.8, 4) is 0 Å². The van der Waals surface area contributed by atoms with E-state index in [1.807, 2.05) is 68.4 Å². The summed E-state index contributed by atoms with van der Waals surface area (Å²) >= 11 is 6.29. The monoisotopic (exact) mass is 623 g/mol. The molecule has 0 unspecified atom stereocenters. The molecule has 0 spiro atoms. The van der Waals surface area contributed by atoms with Crippen molar-refractivity contribution in [2.45, 2.75) is 77.4 Å². The summed E-state index contributed by atoms with van der Waals surface area (Å²) in [5, 5.41) is 3.76. The topological polar surface area (TPSA) is 86.8 Å². The maximum atomic E-state index is 14.0. The van der Waals surface area contributed by atoms with Gasteiger partial charge >= 0.3 is 0 Å².